The summed E-state index contributed by atoms with van der Waals surface area (Å²) in [5, 5.41) is 1.21. The van der Waals surface area contributed by atoms with Gasteiger partial charge >= 0.3 is 0 Å². The summed E-state index contributed by atoms with van der Waals surface area (Å²) >= 11 is 1.74. The van der Waals surface area contributed by atoms with Crippen molar-refractivity contribution in [2.75, 3.05) is 0 Å². The van der Waals surface area contributed by atoms with E-state index < -0.39 is 0 Å². The third-order valence-electron chi connectivity index (χ3n) is 2.06. The molecule has 62 valence electrons. The number of thiophene rings is 1. The van der Waals surface area contributed by atoms with Gasteiger partial charge in [0.05, 0.1) is 15.6 Å². The Morgan fingerprint density at radius 2 is 2.23 bits per heavy atom. The van der Waals surface area contributed by atoms with Crippen LogP contribution >= 0.6 is 11.3 Å². The Bertz CT molecular complexity index is 521. The number of aromatic nitrogens is 2. The molecule has 2 nitrogen and oxygen atoms in total. The topological polar surface area (TPSA) is 27.0 Å². The van der Waals surface area contributed by atoms with E-state index in [4.69, 9.17) is 0 Å². The number of nitrogens with zero attached hydrogens (tertiary/aromatic N) is 1. The zero-order valence-electron chi connectivity index (χ0n) is 6.82. The van der Waals surface area contributed by atoms with E-state index in [0.29, 0.717) is 0 Å². The third-order valence-corrected chi connectivity index (χ3v) is 3.15. The monoisotopic (exact) mass is 187 g/mol. The fraction of sp³-hybridized carbons (Fsp3) is 0. The van der Waals surface area contributed by atoms with Crippen LogP contribution in [0.1, 0.15) is 0 Å². The Kier molecular flexibility index (Phi) is 1.34. The molecule has 0 fully saturated rings. The standard InChI is InChI=1S/C10H6N2S/c1-3-7-9-8(4-2-5-11-9)13-10(7)12-6-1/h1-6H/p+1. The fourth-order valence-electron chi connectivity index (χ4n) is 1.48. The van der Waals surface area contributed by atoms with E-state index >= 15 is 0 Å². The summed E-state index contributed by atoms with van der Waals surface area (Å²) in [6.07, 6.45) is 3.78. The number of pyridine rings is 2. The van der Waals surface area contributed by atoms with Crippen molar-refractivity contribution >= 4 is 31.8 Å². The summed E-state index contributed by atoms with van der Waals surface area (Å²) in [6.45, 7) is 0. The molecule has 0 unspecified atom stereocenters. The van der Waals surface area contributed by atoms with Crippen LogP contribution in [0.4, 0.5) is 0 Å². The molecule has 0 amide bonds. The van der Waals surface area contributed by atoms with Gasteiger partial charge in [-0.2, -0.15) is 0 Å². The van der Waals surface area contributed by atoms with Crippen LogP contribution < -0.4 is 4.98 Å². The Morgan fingerprint density at radius 3 is 3.23 bits per heavy atom. The molecule has 1 N–H and O–H groups in total. The van der Waals surface area contributed by atoms with Crippen LogP contribution in [0.5, 0.6) is 0 Å². The lowest BCUT2D eigenvalue weighted by Crippen LogP contribution is -1.97. The molecule has 13 heavy (non-hydrogen) atoms. The van der Waals surface area contributed by atoms with Gasteiger partial charge in [-0.1, -0.05) is 11.3 Å². The van der Waals surface area contributed by atoms with Crippen molar-refractivity contribution in [3.63, 3.8) is 0 Å². The number of rotatable bonds is 0. The van der Waals surface area contributed by atoms with Crippen LogP contribution in [0, 0.1) is 0 Å². The van der Waals surface area contributed by atoms with E-state index in [2.05, 4.69) is 22.1 Å². The van der Waals surface area contributed by atoms with Gasteiger partial charge in [-0.05, 0) is 18.2 Å². The smallest absolute Gasteiger partial charge is 0.254 e. The second-order valence-electron chi connectivity index (χ2n) is 2.87. The van der Waals surface area contributed by atoms with Crippen molar-refractivity contribution in [2.45, 2.75) is 0 Å². The second kappa shape index (κ2) is 2.50. The molecule has 0 bridgehead atoms. The van der Waals surface area contributed by atoms with E-state index in [0.717, 1.165) is 5.52 Å². The summed E-state index contributed by atoms with van der Waals surface area (Å²) < 4.78 is 1.24. The Labute approximate surface area is 78.9 Å². The Morgan fingerprint density at radius 1 is 1.23 bits per heavy atom. The molecule has 0 aliphatic carbocycles. The number of hydrogen-bond acceptors (Lipinski definition) is 2. The maximum atomic E-state index is 4.36. The molecule has 3 heterocycles. The van der Waals surface area contributed by atoms with Crippen LogP contribution in [-0.4, -0.2) is 4.98 Å². The number of H-pyrrole nitrogens is 1. The zero-order valence-corrected chi connectivity index (χ0v) is 7.64. The quantitative estimate of drug-likeness (QED) is 0.530. The SMILES string of the molecule is c1cnc2c(c1)sc1[nH+]cccc12. The summed E-state index contributed by atoms with van der Waals surface area (Å²) in [7, 11) is 0. The van der Waals surface area contributed by atoms with E-state index in [1.807, 2.05) is 24.5 Å². The molecular weight excluding hydrogens is 180 g/mol. The van der Waals surface area contributed by atoms with Gasteiger partial charge in [0, 0.05) is 12.3 Å². The molecule has 0 aliphatic heterocycles. The van der Waals surface area contributed by atoms with E-state index in [1.165, 1.54) is 14.9 Å². The molecule has 0 atom stereocenters. The second-order valence-corrected chi connectivity index (χ2v) is 3.92. The molecule has 0 saturated heterocycles. The minimum absolute atomic E-state index is 1.10. The van der Waals surface area contributed by atoms with Crippen molar-refractivity contribution in [3.05, 3.63) is 36.7 Å². The lowest BCUT2D eigenvalue weighted by Gasteiger charge is -1.84. The van der Waals surface area contributed by atoms with Crippen molar-refractivity contribution < 1.29 is 4.98 Å². The molecular formula is C10H7N2S+. The average Bonchev–Trinajstić information content (AvgIpc) is 2.56. The first-order valence-electron chi connectivity index (χ1n) is 4.09. The first-order valence-corrected chi connectivity index (χ1v) is 4.91. The Balaban J connectivity index is 2.64. The number of nitrogens with one attached hydrogen (secondary N) is 1. The third kappa shape index (κ3) is 0.939. The molecule has 0 spiro atoms. The van der Waals surface area contributed by atoms with Crippen LogP contribution in [0.25, 0.3) is 20.4 Å². The maximum absolute atomic E-state index is 4.36. The molecule has 3 aromatic rings. The van der Waals surface area contributed by atoms with E-state index in [1.54, 1.807) is 11.3 Å². The molecule has 0 aliphatic rings. The van der Waals surface area contributed by atoms with Gasteiger partial charge in [0.2, 0.25) is 0 Å². The lowest BCUT2D eigenvalue weighted by atomic mass is 10.3. The lowest BCUT2D eigenvalue weighted by molar-refractivity contribution is -0.341. The highest BCUT2D eigenvalue weighted by Crippen LogP contribution is 2.28. The van der Waals surface area contributed by atoms with Gasteiger partial charge in [-0.15, -0.1) is 0 Å². The van der Waals surface area contributed by atoms with Gasteiger partial charge in [0.15, 0.2) is 6.20 Å². The van der Waals surface area contributed by atoms with Crippen molar-refractivity contribution in [1.29, 1.82) is 0 Å². The molecule has 0 radical (unpaired) electrons. The molecule has 0 aromatic carbocycles. The highest BCUT2D eigenvalue weighted by molar-refractivity contribution is 7.25. The maximum Gasteiger partial charge on any atom is 0.269 e. The van der Waals surface area contributed by atoms with Crippen LogP contribution in [0.2, 0.25) is 0 Å². The van der Waals surface area contributed by atoms with Crippen molar-refractivity contribution in [2.24, 2.45) is 0 Å². The fourth-order valence-corrected chi connectivity index (χ4v) is 2.51. The molecule has 3 heteroatoms. The van der Waals surface area contributed by atoms with Gasteiger partial charge in [0.1, 0.15) is 0 Å². The average molecular weight is 187 g/mol. The highest BCUT2D eigenvalue weighted by Gasteiger charge is 2.08. The number of aromatic amines is 1. The van der Waals surface area contributed by atoms with Gasteiger partial charge < -0.3 is 0 Å². The summed E-state index contributed by atoms with van der Waals surface area (Å²) in [5.74, 6) is 0. The predicted molar refractivity (Wildman–Crippen MR) is 53.7 cm³/mol. The van der Waals surface area contributed by atoms with Gasteiger partial charge in [-0.25, -0.2) is 4.98 Å². The highest BCUT2D eigenvalue weighted by atomic mass is 32.1. The van der Waals surface area contributed by atoms with Crippen molar-refractivity contribution in [1.82, 2.24) is 4.98 Å². The van der Waals surface area contributed by atoms with Crippen LogP contribution in [0.3, 0.4) is 0 Å². The normalized spacial score (nSPS) is 11.1. The van der Waals surface area contributed by atoms with Gasteiger partial charge in [-0.3, -0.25) is 4.98 Å². The minimum atomic E-state index is 1.10. The molecule has 3 rings (SSSR count). The van der Waals surface area contributed by atoms with Crippen molar-refractivity contribution in [3.8, 4) is 0 Å². The first kappa shape index (κ1) is 6.97. The number of fused-ring (bicyclic) bond motifs is 3. The minimum Gasteiger partial charge on any atom is -0.254 e. The summed E-state index contributed by atoms with van der Waals surface area (Å²) in [6, 6.07) is 8.17. The molecule has 0 saturated carbocycles. The van der Waals surface area contributed by atoms with E-state index in [9.17, 15) is 0 Å². The predicted octanol–water partition coefficient (Wildman–Crippen LogP) is 2.26. The van der Waals surface area contributed by atoms with Crippen LogP contribution in [0.15, 0.2) is 36.7 Å². The molecule has 3 aromatic heterocycles. The van der Waals surface area contributed by atoms with E-state index in [-0.39, 0.29) is 0 Å². The first-order chi connectivity index (χ1) is 6.45. The summed E-state index contributed by atoms with van der Waals surface area (Å²) in [5.41, 5.74) is 1.10. The zero-order chi connectivity index (χ0) is 8.67. The number of hydrogen-bond donors (Lipinski definition) is 0. The Hall–Kier alpha value is -1.48. The summed E-state index contributed by atoms with van der Waals surface area (Å²) in [4.78, 5) is 8.77. The van der Waals surface area contributed by atoms with Crippen LogP contribution in [-0.2, 0) is 0 Å². The largest absolute Gasteiger partial charge is 0.269 e. The van der Waals surface area contributed by atoms with Gasteiger partial charge in [0.25, 0.3) is 4.83 Å².